The van der Waals surface area contributed by atoms with Crippen molar-refractivity contribution in [3.8, 4) is 0 Å². The Morgan fingerprint density at radius 2 is 1.96 bits per heavy atom. The zero-order chi connectivity index (χ0) is 18.1. The molecule has 1 aliphatic heterocycles. The van der Waals surface area contributed by atoms with E-state index in [4.69, 9.17) is 25.8 Å². The van der Waals surface area contributed by atoms with E-state index >= 15 is 0 Å². The van der Waals surface area contributed by atoms with E-state index in [1.165, 1.54) is 24.7 Å². The van der Waals surface area contributed by atoms with E-state index in [0.29, 0.717) is 17.5 Å². The number of hydrogen-bond donors (Lipinski definition) is 0. The number of esters is 2. The fourth-order valence-electron chi connectivity index (χ4n) is 2.91. The molecule has 2 aromatic heterocycles. The summed E-state index contributed by atoms with van der Waals surface area (Å²) in [5, 5.41) is 8.27. The summed E-state index contributed by atoms with van der Waals surface area (Å²) in [6.07, 6.45) is -0.782. The summed E-state index contributed by atoms with van der Waals surface area (Å²) < 4.78 is 18.2. The average Bonchev–Trinajstić information content (AvgIpc) is 3.10. The lowest BCUT2D eigenvalue weighted by atomic mass is 10.1. The SMILES string of the molecule is CC[C@H]1O[C@@H](n2nnc3c(Cl)nccc32)[C@@H](OC(C)=O)C1OC(C)=O. The number of ether oxygens (including phenoxy) is 3. The monoisotopic (exact) mass is 368 g/mol. The van der Waals surface area contributed by atoms with Crippen LogP contribution < -0.4 is 0 Å². The fraction of sp³-hybridized carbons (Fsp3) is 0.533. The lowest BCUT2D eigenvalue weighted by Crippen LogP contribution is -2.38. The van der Waals surface area contributed by atoms with Gasteiger partial charge in [-0.25, -0.2) is 9.67 Å². The van der Waals surface area contributed by atoms with E-state index in [0.717, 1.165) is 0 Å². The standard InChI is InChI=1S/C15H17ClN4O5/c1-4-10-12(23-7(2)21)13(24-8(3)22)15(25-10)20-9-5-6-17-14(16)11(9)18-19-20/h5-6,10,12-13,15H,4H2,1-3H3/t10-,12?,13+,15-/m1/s1. The van der Waals surface area contributed by atoms with Gasteiger partial charge in [-0.2, -0.15) is 0 Å². The molecule has 0 saturated carbocycles. The minimum absolute atomic E-state index is 0.203. The minimum atomic E-state index is -0.858. The lowest BCUT2D eigenvalue weighted by molar-refractivity contribution is -0.165. The highest BCUT2D eigenvalue weighted by molar-refractivity contribution is 6.33. The number of carbonyl (C=O) groups excluding carboxylic acids is 2. The van der Waals surface area contributed by atoms with Crippen molar-refractivity contribution in [2.45, 2.75) is 51.7 Å². The van der Waals surface area contributed by atoms with Gasteiger partial charge in [0.05, 0.1) is 5.52 Å². The van der Waals surface area contributed by atoms with Crippen molar-refractivity contribution in [2.24, 2.45) is 0 Å². The summed E-state index contributed by atoms with van der Waals surface area (Å²) in [6.45, 7) is 4.46. The number of carbonyl (C=O) groups is 2. The van der Waals surface area contributed by atoms with Gasteiger partial charge < -0.3 is 14.2 Å². The molecule has 1 saturated heterocycles. The maximum atomic E-state index is 11.6. The molecule has 1 fully saturated rings. The summed E-state index contributed by atoms with van der Waals surface area (Å²) >= 11 is 6.03. The number of halogens is 1. The van der Waals surface area contributed by atoms with Crippen LogP contribution in [0.1, 0.15) is 33.4 Å². The first-order valence-electron chi connectivity index (χ1n) is 7.77. The van der Waals surface area contributed by atoms with Crippen molar-refractivity contribution in [2.75, 3.05) is 0 Å². The molecule has 10 heteroatoms. The first-order chi connectivity index (χ1) is 11.9. The van der Waals surface area contributed by atoms with E-state index in [1.807, 2.05) is 6.92 Å². The summed E-state index contributed by atoms with van der Waals surface area (Å²) in [5.74, 6) is -1.00. The van der Waals surface area contributed by atoms with Gasteiger partial charge in [0.25, 0.3) is 0 Å². The van der Waals surface area contributed by atoms with E-state index in [1.54, 1.807) is 6.07 Å². The molecule has 0 N–H and O–H groups in total. The number of aromatic nitrogens is 4. The molecule has 3 heterocycles. The van der Waals surface area contributed by atoms with Gasteiger partial charge in [-0.3, -0.25) is 9.59 Å². The molecule has 0 spiro atoms. The van der Waals surface area contributed by atoms with E-state index in [-0.39, 0.29) is 5.15 Å². The topological polar surface area (TPSA) is 105 Å². The molecule has 134 valence electrons. The second kappa shape index (κ2) is 6.93. The molecule has 4 atom stereocenters. The molecule has 25 heavy (non-hydrogen) atoms. The van der Waals surface area contributed by atoms with Crippen LogP contribution in [0.4, 0.5) is 0 Å². The van der Waals surface area contributed by atoms with Crippen LogP contribution in [-0.4, -0.2) is 50.2 Å². The molecule has 9 nitrogen and oxygen atoms in total. The van der Waals surface area contributed by atoms with Gasteiger partial charge >= 0.3 is 11.9 Å². The normalized spacial score (nSPS) is 25.9. The number of pyridine rings is 1. The van der Waals surface area contributed by atoms with Crippen LogP contribution in [0.25, 0.3) is 11.0 Å². The Bertz CT molecular complexity index is 810. The largest absolute Gasteiger partial charge is 0.456 e. The predicted molar refractivity (Wildman–Crippen MR) is 85.6 cm³/mol. The highest BCUT2D eigenvalue weighted by Gasteiger charge is 2.50. The molecule has 1 aliphatic rings. The van der Waals surface area contributed by atoms with E-state index in [2.05, 4.69) is 15.3 Å². The Morgan fingerprint density at radius 3 is 2.60 bits per heavy atom. The van der Waals surface area contributed by atoms with Crippen LogP contribution in [0.5, 0.6) is 0 Å². The molecular weight excluding hydrogens is 352 g/mol. The van der Waals surface area contributed by atoms with Crippen molar-refractivity contribution in [1.29, 1.82) is 0 Å². The van der Waals surface area contributed by atoms with Gasteiger partial charge in [-0.05, 0) is 12.5 Å². The van der Waals surface area contributed by atoms with Crippen molar-refractivity contribution < 1.29 is 23.8 Å². The van der Waals surface area contributed by atoms with E-state index in [9.17, 15) is 9.59 Å². The zero-order valence-electron chi connectivity index (χ0n) is 13.9. The van der Waals surface area contributed by atoms with Crippen LogP contribution in [0, 0.1) is 0 Å². The van der Waals surface area contributed by atoms with Gasteiger partial charge in [0.15, 0.2) is 29.1 Å². The molecule has 1 unspecified atom stereocenters. The third kappa shape index (κ3) is 3.29. The summed E-state index contributed by atoms with van der Waals surface area (Å²) in [6, 6.07) is 1.68. The Hall–Kier alpha value is -2.26. The molecule has 0 aliphatic carbocycles. The van der Waals surface area contributed by atoms with Crippen LogP contribution >= 0.6 is 11.6 Å². The molecule has 0 radical (unpaired) electrons. The van der Waals surface area contributed by atoms with Gasteiger partial charge in [0.1, 0.15) is 6.10 Å². The van der Waals surface area contributed by atoms with Crippen molar-refractivity contribution in [3.63, 3.8) is 0 Å². The first kappa shape index (κ1) is 17.6. The van der Waals surface area contributed by atoms with Gasteiger partial charge in [0, 0.05) is 20.0 Å². The Balaban J connectivity index is 2.04. The van der Waals surface area contributed by atoms with Gasteiger partial charge in [-0.15, -0.1) is 5.10 Å². The van der Waals surface area contributed by atoms with Crippen LogP contribution in [0.15, 0.2) is 12.3 Å². The van der Waals surface area contributed by atoms with Gasteiger partial charge in [-0.1, -0.05) is 23.7 Å². The molecule has 0 aromatic carbocycles. The minimum Gasteiger partial charge on any atom is -0.456 e. The Kier molecular flexibility index (Phi) is 4.87. The lowest BCUT2D eigenvalue weighted by Gasteiger charge is -2.23. The van der Waals surface area contributed by atoms with Gasteiger partial charge in [0.2, 0.25) is 0 Å². The highest BCUT2D eigenvalue weighted by Crippen LogP contribution is 2.36. The smallest absolute Gasteiger partial charge is 0.303 e. The highest BCUT2D eigenvalue weighted by atomic mass is 35.5. The van der Waals surface area contributed by atoms with Crippen molar-refractivity contribution >= 4 is 34.6 Å². The van der Waals surface area contributed by atoms with Crippen LogP contribution in [-0.2, 0) is 23.8 Å². The molecular formula is C15H17ClN4O5. The average molecular weight is 369 g/mol. The second-order valence-electron chi connectivity index (χ2n) is 5.62. The Labute approximate surface area is 148 Å². The second-order valence-corrected chi connectivity index (χ2v) is 5.98. The third-order valence-corrected chi connectivity index (χ3v) is 4.16. The zero-order valence-corrected chi connectivity index (χ0v) is 14.6. The number of nitrogens with zero attached hydrogens (tertiary/aromatic N) is 4. The quantitative estimate of drug-likeness (QED) is 0.592. The maximum absolute atomic E-state index is 11.6. The molecule has 3 rings (SSSR count). The van der Waals surface area contributed by atoms with Crippen LogP contribution in [0.3, 0.4) is 0 Å². The number of hydrogen-bond acceptors (Lipinski definition) is 8. The predicted octanol–water partition coefficient (Wildman–Crippen LogP) is 1.65. The number of rotatable bonds is 4. The first-order valence-corrected chi connectivity index (χ1v) is 8.15. The van der Waals surface area contributed by atoms with Crippen molar-refractivity contribution in [1.82, 2.24) is 20.0 Å². The van der Waals surface area contributed by atoms with E-state index < -0.39 is 36.5 Å². The maximum Gasteiger partial charge on any atom is 0.303 e. The number of fused-ring (bicyclic) bond motifs is 1. The van der Waals surface area contributed by atoms with Crippen LogP contribution in [0.2, 0.25) is 5.15 Å². The van der Waals surface area contributed by atoms with Crippen molar-refractivity contribution in [3.05, 3.63) is 17.4 Å². The molecule has 2 aromatic rings. The summed E-state index contributed by atoms with van der Waals surface area (Å²) in [5.41, 5.74) is 0.971. The molecule has 0 amide bonds. The summed E-state index contributed by atoms with van der Waals surface area (Å²) in [4.78, 5) is 27.0. The molecule has 0 bridgehead atoms. The fourth-order valence-corrected chi connectivity index (χ4v) is 3.10. The summed E-state index contributed by atoms with van der Waals surface area (Å²) in [7, 11) is 0. The Morgan fingerprint density at radius 1 is 1.28 bits per heavy atom. The third-order valence-electron chi connectivity index (χ3n) is 3.88.